The van der Waals surface area contributed by atoms with Gasteiger partial charge < -0.3 is 10.1 Å². The molecule has 0 spiro atoms. The maximum absolute atomic E-state index is 11.9. The van der Waals surface area contributed by atoms with Gasteiger partial charge >= 0.3 is 5.97 Å². The molecule has 1 aliphatic heterocycles. The minimum Gasteiger partial charge on any atom is -0.464 e. The Morgan fingerprint density at radius 2 is 2.30 bits per heavy atom. The summed E-state index contributed by atoms with van der Waals surface area (Å²) >= 11 is 0. The fourth-order valence-corrected chi connectivity index (χ4v) is 2.25. The van der Waals surface area contributed by atoms with Crippen LogP contribution in [0.15, 0.2) is 24.5 Å². The van der Waals surface area contributed by atoms with Gasteiger partial charge in [-0.05, 0) is 25.1 Å². The number of pyridine rings is 1. The van der Waals surface area contributed by atoms with Gasteiger partial charge in [0, 0.05) is 30.1 Å². The van der Waals surface area contributed by atoms with E-state index in [1.165, 1.54) is 7.11 Å². The molecule has 0 aliphatic carbocycles. The molecule has 3 rings (SSSR count). The van der Waals surface area contributed by atoms with Crippen LogP contribution < -0.4 is 5.32 Å². The molecule has 6 heteroatoms. The smallest absolute Gasteiger partial charge is 0.357 e. The molecule has 2 aromatic rings. The quantitative estimate of drug-likeness (QED) is 0.819. The topological polar surface area (TPSA) is 77.0 Å². The highest BCUT2D eigenvalue weighted by Crippen LogP contribution is 2.21. The number of methoxy groups -OCH3 is 1. The van der Waals surface area contributed by atoms with E-state index in [9.17, 15) is 4.79 Å². The average molecular weight is 270 g/mol. The molecule has 3 heterocycles. The summed E-state index contributed by atoms with van der Waals surface area (Å²) in [4.78, 5) is 24.9. The molecule has 0 radical (unpaired) electrons. The number of nitrogens with one attached hydrogen (secondary N) is 1. The van der Waals surface area contributed by atoms with Crippen LogP contribution in [-0.4, -0.2) is 34.6 Å². The lowest BCUT2D eigenvalue weighted by Crippen LogP contribution is -2.28. The number of fused-ring (bicyclic) bond motifs is 1. The Balaban J connectivity index is 2.15. The molecule has 6 nitrogen and oxygen atoms in total. The first-order valence-electron chi connectivity index (χ1n) is 6.39. The summed E-state index contributed by atoms with van der Waals surface area (Å²) in [5, 5.41) is 3.25. The second-order valence-electron chi connectivity index (χ2n) is 4.48. The Morgan fingerprint density at radius 3 is 3.05 bits per heavy atom. The zero-order valence-electron chi connectivity index (χ0n) is 11.1. The van der Waals surface area contributed by atoms with Gasteiger partial charge in [0.2, 0.25) is 0 Å². The summed E-state index contributed by atoms with van der Waals surface area (Å²) in [6.07, 6.45) is 4.09. The summed E-state index contributed by atoms with van der Waals surface area (Å²) < 4.78 is 4.83. The number of aromatic nitrogens is 3. The molecule has 0 fully saturated rings. The van der Waals surface area contributed by atoms with E-state index in [2.05, 4.69) is 20.3 Å². The fourth-order valence-electron chi connectivity index (χ4n) is 2.25. The van der Waals surface area contributed by atoms with Crippen molar-refractivity contribution < 1.29 is 9.53 Å². The van der Waals surface area contributed by atoms with E-state index < -0.39 is 5.97 Å². The second-order valence-corrected chi connectivity index (χ2v) is 4.48. The van der Waals surface area contributed by atoms with Gasteiger partial charge in [0.25, 0.3) is 0 Å². The molecule has 0 saturated heterocycles. The van der Waals surface area contributed by atoms with Crippen LogP contribution in [0.1, 0.15) is 21.7 Å². The zero-order valence-corrected chi connectivity index (χ0v) is 11.1. The van der Waals surface area contributed by atoms with E-state index in [1.54, 1.807) is 12.4 Å². The summed E-state index contributed by atoms with van der Waals surface area (Å²) in [5.41, 5.74) is 2.87. The van der Waals surface area contributed by atoms with Crippen LogP contribution in [0.4, 0.5) is 0 Å². The lowest BCUT2D eigenvalue weighted by Gasteiger charge is -2.19. The van der Waals surface area contributed by atoms with Crippen LogP contribution in [0.5, 0.6) is 0 Å². The number of hydrogen-bond donors (Lipinski definition) is 1. The first-order valence-corrected chi connectivity index (χ1v) is 6.39. The fraction of sp³-hybridized carbons (Fsp3) is 0.286. The lowest BCUT2D eigenvalue weighted by atomic mass is 10.0. The van der Waals surface area contributed by atoms with Gasteiger partial charge in [0.05, 0.1) is 12.8 Å². The van der Waals surface area contributed by atoms with Gasteiger partial charge in [-0.25, -0.2) is 14.8 Å². The zero-order chi connectivity index (χ0) is 13.9. The highest BCUT2D eigenvalue weighted by atomic mass is 16.5. The maximum atomic E-state index is 11.9. The van der Waals surface area contributed by atoms with Gasteiger partial charge in [-0.3, -0.25) is 4.98 Å². The van der Waals surface area contributed by atoms with Crippen molar-refractivity contribution in [2.24, 2.45) is 0 Å². The maximum Gasteiger partial charge on any atom is 0.357 e. The molecule has 20 heavy (non-hydrogen) atoms. The Kier molecular flexibility index (Phi) is 3.39. The lowest BCUT2D eigenvalue weighted by molar-refractivity contribution is 0.0592. The predicted octanol–water partition coefficient (Wildman–Crippen LogP) is 0.971. The highest BCUT2D eigenvalue weighted by Gasteiger charge is 2.22. The Bertz CT molecular complexity index is 643. The van der Waals surface area contributed by atoms with E-state index in [0.29, 0.717) is 18.1 Å². The normalized spacial score (nSPS) is 13.7. The van der Waals surface area contributed by atoms with Crippen molar-refractivity contribution in [2.45, 2.75) is 13.0 Å². The third-order valence-electron chi connectivity index (χ3n) is 3.24. The number of carbonyl (C=O) groups is 1. The third kappa shape index (κ3) is 2.25. The van der Waals surface area contributed by atoms with Gasteiger partial charge in [-0.1, -0.05) is 0 Å². The molecule has 0 unspecified atom stereocenters. The minimum atomic E-state index is -0.421. The van der Waals surface area contributed by atoms with Crippen LogP contribution in [0.2, 0.25) is 0 Å². The van der Waals surface area contributed by atoms with E-state index in [4.69, 9.17) is 4.74 Å². The summed E-state index contributed by atoms with van der Waals surface area (Å²) in [7, 11) is 1.36. The van der Waals surface area contributed by atoms with Gasteiger partial charge in [-0.2, -0.15) is 0 Å². The summed E-state index contributed by atoms with van der Waals surface area (Å²) in [6, 6.07) is 3.68. The molecule has 102 valence electrons. The third-order valence-corrected chi connectivity index (χ3v) is 3.24. The highest BCUT2D eigenvalue weighted by molar-refractivity contribution is 5.89. The first-order chi connectivity index (χ1) is 9.79. The monoisotopic (exact) mass is 270 g/mol. The summed E-state index contributed by atoms with van der Waals surface area (Å²) in [6.45, 7) is 1.45. The van der Waals surface area contributed by atoms with E-state index in [-0.39, 0.29) is 0 Å². The SMILES string of the molecule is COC(=O)c1nc(-c2cccnc2)nc2c1CCNC2. The van der Waals surface area contributed by atoms with E-state index >= 15 is 0 Å². The predicted molar refractivity (Wildman–Crippen MR) is 72.0 cm³/mol. The minimum absolute atomic E-state index is 0.359. The molecule has 0 aromatic carbocycles. The summed E-state index contributed by atoms with van der Waals surface area (Å²) in [5.74, 6) is 0.0802. The van der Waals surface area contributed by atoms with Crippen molar-refractivity contribution in [3.05, 3.63) is 41.5 Å². The van der Waals surface area contributed by atoms with Crippen molar-refractivity contribution in [1.29, 1.82) is 0 Å². The molecular formula is C14H14N4O2. The number of carbonyl (C=O) groups excluding carboxylic acids is 1. The molecule has 0 atom stereocenters. The molecule has 0 amide bonds. The van der Waals surface area contributed by atoms with Crippen LogP contribution in [0, 0.1) is 0 Å². The van der Waals surface area contributed by atoms with Crippen LogP contribution in [0.3, 0.4) is 0 Å². The number of rotatable bonds is 2. The average Bonchev–Trinajstić information content (AvgIpc) is 2.54. The van der Waals surface area contributed by atoms with E-state index in [1.807, 2.05) is 12.1 Å². The number of esters is 1. The number of ether oxygens (including phenoxy) is 1. The first kappa shape index (κ1) is 12.7. The Morgan fingerprint density at radius 1 is 1.40 bits per heavy atom. The van der Waals surface area contributed by atoms with Gasteiger partial charge in [-0.15, -0.1) is 0 Å². The molecular weight excluding hydrogens is 256 g/mol. The van der Waals surface area contributed by atoms with E-state index in [0.717, 1.165) is 29.8 Å². The van der Waals surface area contributed by atoms with Gasteiger partial charge in [0.15, 0.2) is 11.5 Å². The van der Waals surface area contributed by atoms with Crippen molar-refractivity contribution in [1.82, 2.24) is 20.3 Å². The van der Waals surface area contributed by atoms with Crippen LogP contribution in [0.25, 0.3) is 11.4 Å². The Hall–Kier alpha value is -2.34. The van der Waals surface area contributed by atoms with Gasteiger partial charge in [0.1, 0.15) is 0 Å². The van der Waals surface area contributed by atoms with Crippen molar-refractivity contribution in [3.8, 4) is 11.4 Å². The van der Waals surface area contributed by atoms with Crippen molar-refractivity contribution >= 4 is 5.97 Å². The van der Waals surface area contributed by atoms with Crippen molar-refractivity contribution in [3.63, 3.8) is 0 Å². The van der Waals surface area contributed by atoms with Crippen LogP contribution >= 0.6 is 0 Å². The Labute approximate surface area is 116 Å². The second kappa shape index (κ2) is 5.34. The molecule has 1 N–H and O–H groups in total. The number of nitrogens with zero attached hydrogens (tertiary/aromatic N) is 3. The molecule has 0 bridgehead atoms. The molecule has 0 saturated carbocycles. The van der Waals surface area contributed by atoms with Crippen LogP contribution in [-0.2, 0) is 17.7 Å². The number of hydrogen-bond acceptors (Lipinski definition) is 6. The standard InChI is InChI=1S/C14H14N4O2/c1-20-14(19)12-10-4-6-16-8-11(10)17-13(18-12)9-3-2-5-15-7-9/h2-3,5,7,16H,4,6,8H2,1H3. The largest absolute Gasteiger partial charge is 0.464 e. The molecule has 1 aliphatic rings. The molecule has 2 aromatic heterocycles. The van der Waals surface area contributed by atoms with Crippen molar-refractivity contribution in [2.75, 3.05) is 13.7 Å².